The highest BCUT2D eigenvalue weighted by Gasteiger charge is 2.54. The average Bonchev–Trinajstić information content (AvgIpc) is 3.27. The van der Waals surface area contributed by atoms with Crippen molar-refractivity contribution in [2.45, 2.75) is 30.7 Å². The molecule has 0 saturated carbocycles. The monoisotopic (exact) mass is 912 g/mol. The molecule has 0 bridgehead atoms. The standard InChI is InChI=1S/C45H37IO13/c1-52-33-25-28(23-24-36(46)47)26-34(53-2)37(33)59-45-40(58-44(51)32-21-13-6-14-22-32)39(57-43(50)31-19-11-5-12-20-31)38(56-42(49)30-17-9-4-10-18-30)35(55-45)27-54-41(48)29-15-7-3-8-16-29/h3-26,35,38-40,45H,27H2,1-2H3/t35-,38+,39+,40-,45+/m1/s1. The lowest BCUT2D eigenvalue weighted by Gasteiger charge is -2.44. The van der Waals surface area contributed by atoms with Gasteiger partial charge in [-0.25, -0.2) is 19.2 Å². The molecule has 0 spiro atoms. The number of halogens is 1. The van der Waals surface area contributed by atoms with Crippen LogP contribution in [0.25, 0.3) is 6.08 Å². The fraction of sp³-hybridized carbons (Fsp3) is 0.178. The van der Waals surface area contributed by atoms with Crippen LogP contribution in [0.1, 0.15) is 47.0 Å². The minimum atomic E-state index is -1.68. The van der Waals surface area contributed by atoms with Crippen LogP contribution in [-0.4, -0.2) is 79.2 Å². The van der Waals surface area contributed by atoms with Crippen LogP contribution in [-0.2, 0) is 28.5 Å². The van der Waals surface area contributed by atoms with Crippen LogP contribution < -0.4 is 14.2 Å². The number of carbonyl (C=O) groups excluding carboxylic acids is 5. The van der Waals surface area contributed by atoms with Gasteiger partial charge in [-0.1, -0.05) is 78.9 Å². The number of methoxy groups -OCH3 is 2. The van der Waals surface area contributed by atoms with Gasteiger partial charge in [-0.05, 0) is 72.3 Å². The quantitative estimate of drug-likeness (QED) is 0.0339. The molecule has 5 aromatic carbocycles. The maximum atomic E-state index is 13.9. The highest BCUT2D eigenvalue weighted by atomic mass is 127. The van der Waals surface area contributed by atoms with E-state index in [-0.39, 0.29) is 43.3 Å². The Labute approximate surface area is 352 Å². The van der Waals surface area contributed by atoms with Gasteiger partial charge in [-0.2, -0.15) is 0 Å². The van der Waals surface area contributed by atoms with Crippen molar-refractivity contribution in [1.82, 2.24) is 0 Å². The Kier molecular flexibility index (Phi) is 14.5. The first-order valence-electron chi connectivity index (χ1n) is 18.1. The number of hydrogen-bond acceptors (Lipinski definition) is 13. The lowest BCUT2D eigenvalue weighted by molar-refractivity contribution is -0.275. The van der Waals surface area contributed by atoms with Crippen LogP contribution in [0, 0.1) is 0 Å². The summed E-state index contributed by atoms with van der Waals surface area (Å²) in [5.41, 5.74) is 1.14. The second kappa shape index (κ2) is 20.3. The number of esters is 4. The van der Waals surface area contributed by atoms with Crippen LogP contribution >= 0.6 is 22.6 Å². The molecule has 1 aliphatic rings. The molecule has 0 radical (unpaired) electrons. The third-order valence-corrected chi connectivity index (χ3v) is 9.22. The topological polar surface area (TPSA) is 159 Å². The molecule has 1 saturated heterocycles. The lowest BCUT2D eigenvalue weighted by atomic mass is 9.97. The van der Waals surface area contributed by atoms with Crippen LogP contribution in [0.4, 0.5) is 0 Å². The van der Waals surface area contributed by atoms with E-state index >= 15 is 0 Å². The second-order valence-corrected chi connectivity index (χ2v) is 13.8. The molecular formula is C45H37IO13. The van der Waals surface area contributed by atoms with Crippen LogP contribution in [0.2, 0.25) is 0 Å². The average molecular weight is 913 g/mol. The molecule has 6 rings (SSSR count). The highest BCUT2D eigenvalue weighted by Crippen LogP contribution is 2.42. The Hall–Kier alpha value is -6.52. The molecule has 59 heavy (non-hydrogen) atoms. The van der Waals surface area contributed by atoms with Crippen molar-refractivity contribution < 1.29 is 61.9 Å². The highest BCUT2D eigenvalue weighted by molar-refractivity contribution is 14.1. The van der Waals surface area contributed by atoms with Gasteiger partial charge in [0.25, 0.3) is 0 Å². The first-order valence-corrected chi connectivity index (χ1v) is 19.2. The van der Waals surface area contributed by atoms with E-state index in [1.165, 1.54) is 56.7 Å². The maximum absolute atomic E-state index is 13.9. The molecule has 5 atom stereocenters. The van der Waals surface area contributed by atoms with Gasteiger partial charge in [-0.3, -0.25) is 4.79 Å². The van der Waals surface area contributed by atoms with Crippen molar-refractivity contribution in [3.8, 4) is 17.2 Å². The minimum absolute atomic E-state index is 0.0355. The predicted octanol–water partition coefficient (Wildman–Crippen LogP) is 7.32. The second-order valence-electron chi connectivity index (χ2n) is 12.7. The zero-order valence-electron chi connectivity index (χ0n) is 31.6. The van der Waals surface area contributed by atoms with Crippen molar-refractivity contribution in [3.05, 3.63) is 167 Å². The van der Waals surface area contributed by atoms with Crippen molar-refractivity contribution in [3.63, 3.8) is 0 Å². The van der Waals surface area contributed by atoms with E-state index in [1.54, 1.807) is 126 Å². The summed E-state index contributed by atoms with van der Waals surface area (Å²) in [7, 11) is 2.76. The van der Waals surface area contributed by atoms with Crippen LogP contribution in [0.5, 0.6) is 17.2 Å². The van der Waals surface area contributed by atoms with Gasteiger partial charge in [0.05, 0.1) is 36.5 Å². The normalized spacial score (nSPS) is 18.5. The summed E-state index contributed by atoms with van der Waals surface area (Å²) >= 11 is 1.64. The van der Waals surface area contributed by atoms with Crippen molar-refractivity contribution in [2.24, 2.45) is 0 Å². The van der Waals surface area contributed by atoms with E-state index in [1.807, 2.05) is 0 Å². The van der Waals surface area contributed by atoms with Crippen LogP contribution in [0.15, 0.2) is 140 Å². The predicted molar refractivity (Wildman–Crippen MR) is 221 cm³/mol. The summed E-state index contributed by atoms with van der Waals surface area (Å²) < 4.78 is 48.2. The molecule has 13 nitrogen and oxygen atoms in total. The third-order valence-electron chi connectivity index (χ3n) is 8.86. The molecule has 1 fully saturated rings. The number of hydrogen-bond donors (Lipinski definition) is 0. The molecule has 1 heterocycles. The summed E-state index contributed by atoms with van der Waals surface area (Å²) in [5.74, 6) is -3.11. The van der Waals surface area contributed by atoms with Gasteiger partial charge >= 0.3 is 23.9 Å². The van der Waals surface area contributed by atoms with Crippen molar-refractivity contribution in [1.29, 1.82) is 0 Å². The number of ether oxygens (including phenoxy) is 8. The Bertz CT molecular complexity index is 2240. The summed E-state index contributed by atoms with van der Waals surface area (Å²) in [6.07, 6.45) is -5.09. The summed E-state index contributed by atoms with van der Waals surface area (Å²) in [6.45, 7) is -0.554. The van der Waals surface area contributed by atoms with E-state index in [9.17, 15) is 24.0 Å². The molecule has 0 aliphatic carbocycles. The molecule has 0 N–H and O–H groups in total. The van der Waals surface area contributed by atoms with Gasteiger partial charge in [0, 0.05) is 22.6 Å². The van der Waals surface area contributed by atoms with Gasteiger partial charge in [0.1, 0.15) is 12.7 Å². The summed E-state index contributed by atoms with van der Waals surface area (Å²) in [4.78, 5) is 66.7. The van der Waals surface area contributed by atoms with Gasteiger partial charge in [0.15, 0.2) is 23.7 Å². The van der Waals surface area contributed by atoms with E-state index in [0.29, 0.717) is 5.56 Å². The van der Waals surface area contributed by atoms with Gasteiger partial charge < -0.3 is 37.9 Å². The summed E-state index contributed by atoms with van der Waals surface area (Å²) in [6, 6.07) is 35.3. The Morgan fingerprint density at radius 1 is 0.576 bits per heavy atom. The lowest BCUT2D eigenvalue weighted by Crippen LogP contribution is -2.64. The van der Waals surface area contributed by atoms with E-state index in [2.05, 4.69) is 0 Å². The molecule has 14 heteroatoms. The minimum Gasteiger partial charge on any atom is -0.493 e. The molecule has 5 aromatic rings. The number of allylic oxidation sites excluding steroid dienone is 1. The molecule has 0 unspecified atom stereocenters. The molecule has 302 valence electrons. The molecule has 0 amide bonds. The van der Waals surface area contributed by atoms with Gasteiger partial charge in [0.2, 0.25) is 21.9 Å². The largest absolute Gasteiger partial charge is 0.493 e. The molecular weight excluding hydrogens is 875 g/mol. The Morgan fingerprint density at radius 2 is 0.983 bits per heavy atom. The number of benzene rings is 5. The summed E-state index contributed by atoms with van der Waals surface area (Å²) in [5, 5.41) is 0. The Balaban J connectivity index is 1.48. The number of rotatable bonds is 15. The molecule has 1 aliphatic heterocycles. The first kappa shape index (κ1) is 42.1. The van der Waals surface area contributed by atoms with Crippen LogP contribution in [0.3, 0.4) is 0 Å². The van der Waals surface area contributed by atoms with E-state index < -0.39 is 61.2 Å². The fourth-order valence-electron chi connectivity index (χ4n) is 6.01. The maximum Gasteiger partial charge on any atom is 0.338 e. The molecule has 0 aromatic heterocycles. The van der Waals surface area contributed by atoms with Crippen molar-refractivity contribution in [2.75, 3.05) is 20.8 Å². The van der Waals surface area contributed by atoms with Crippen molar-refractivity contribution >= 4 is 56.3 Å². The van der Waals surface area contributed by atoms with E-state index in [4.69, 9.17) is 37.9 Å². The van der Waals surface area contributed by atoms with Gasteiger partial charge in [-0.15, -0.1) is 0 Å². The first-order chi connectivity index (χ1) is 28.6. The van der Waals surface area contributed by atoms with E-state index in [0.717, 1.165) is 0 Å². The third kappa shape index (κ3) is 10.9. The zero-order chi connectivity index (χ0) is 41.7. The fourth-order valence-corrected chi connectivity index (χ4v) is 6.19. The number of carbonyl (C=O) groups is 5. The smallest absolute Gasteiger partial charge is 0.338 e. The SMILES string of the molecule is COc1cc(C=CC(=O)I)cc(OC)c1O[C@@H]1O[C@H](COC(=O)c2ccccc2)[C@H](OC(=O)c2ccccc2)[C@H](OC(=O)c2ccccc2)[C@H]1OC(=O)c1ccccc1. The zero-order valence-corrected chi connectivity index (χ0v) is 33.8. The Morgan fingerprint density at radius 3 is 1.41 bits per heavy atom.